The van der Waals surface area contributed by atoms with Crippen LogP contribution in [0.2, 0.25) is 5.02 Å². The highest BCUT2D eigenvalue weighted by atomic mass is 35.5. The molecule has 2 aromatic rings. The van der Waals surface area contributed by atoms with Crippen molar-refractivity contribution in [3.8, 4) is 0 Å². The summed E-state index contributed by atoms with van der Waals surface area (Å²) in [5.74, 6) is -0.549. The van der Waals surface area contributed by atoms with Crippen LogP contribution in [0, 0.1) is 0 Å². The van der Waals surface area contributed by atoms with Gasteiger partial charge in [0.25, 0.3) is 0 Å². The number of amides is 1. The first kappa shape index (κ1) is 22.8. The topological polar surface area (TPSA) is 75.3 Å². The zero-order valence-corrected chi connectivity index (χ0v) is 17.0. The van der Waals surface area contributed by atoms with Crippen LogP contribution in [0.1, 0.15) is 29.7 Å². The Kier molecular flexibility index (Phi) is 6.97. The highest BCUT2D eigenvalue weighted by Gasteiger charge is 2.30. The van der Waals surface area contributed by atoms with Gasteiger partial charge in [-0.1, -0.05) is 23.7 Å². The number of hydrogen-bond donors (Lipinski definition) is 2. The summed E-state index contributed by atoms with van der Waals surface area (Å²) in [6, 6.07) is 8.81. The van der Waals surface area contributed by atoms with Crippen molar-refractivity contribution in [2.45, 2.75) is 19.1 Å². The molecule has 0 aliphatic rings. The number of carbonyl (C=O) groups is 1. The minimum absolute atomic E-state index is 0.0589. The third-order valence-corrected chi connectivity index (χ3v) is 4.74. The molecule has 29 heavy (non-hydrogen) atoms. The van der Waals surface area contributed by atoms with Gasteiger partial charge in [0.05, 0.1) is 17.9 Å². The Morgan fingerprint density at radius 2 is 1.86 bits per heavy atom. The molecule has 0 saturated heterocycles. The standard InChI is InChI=1S/C19H18ClF3N2O3S/c1-12(13-4-3-5-16(11-13)25-29(2,27)28)24-18(26)9-6-14-10-15(19(21,22)23)7-8-17(14)20/h3-12,25H,1-2H3,(H,24,26). The Labute approximate surface area is 171 Å². The quantitative estimate of drug-likeness (QED) is 0.636. The van der Waals surface area contributed by atoms with Crippen molar-refractivity contribution >= 4 is 39.3 Å². The first-order valence-corrected chi connectivity index (χ1v) is 10.5. The monoisotopic (exact) mass is 446 g/mol. The van der Waals surface area contributed by atoms with Crippen LogP contribution in [0.3, 0.4) is 0 Å². The predicted octanol–water partition coefficient (Wildman–Crippen LogP) is 4.62. The van der Waals surface area contributed by atoms with E-state index in [1.165, 1.54) is 6.08 Å². The average Bonchev–Trinajstić information content (AvgIpc) is 2.58. The Bertz CT molecular complexity index is 1040. The van der Waals surface area contributed by atoms with Crippen LogP contribution in [0.15, 0.2) is 48.5 Å². The lowest BCUT2D eigenvalue weighted by Gasteiger charge is -2.14. The van der Waals surface area contributed by atoms with Gasteiger partial charge in [0.2, 0.25) is 15.9 Å². The lowest BCUT2D eigenvalue weighted by molar-refractivity contribution is -0.137. The van der Waals surface area contributed by atoms with Gasteiger partial charge in [0.15, 0.2) is 0 Å². The molecule has 0 aromatic heterocycles. The van der Waals surface area contributed by atoms with Gasteiger partial charge in [-0.3, -0.25) is 9.52 Å². The maximum absolute atomic E-state index is 12.8. The van der Waals surface area contributed by atoms with Crippen LogP contribution in [0.5, 0.6) is 0 Å². The van der Waals surface area contributed by atoms with Crippen molar-refractivity contribution in [1.82, 2.24) is 5.32 Å². The fourth-order valence-electron chi connectivity index (χ4n) is 2.44. The number of anilines is 1. The largest absolute Gasteiger partial charge is 0.416 e. The van der Waals surface area contributed by atoms with Crippen molar-refractivity contribution in [3.63, 3.8) is 0 Å². The van der Waals surface area contributed by atoms with Crippen LogP contribution < -0.4 is 10.0 Å². The lowest BCUT2D eigenvalue weighted by atomic mass is 10.1. The van der Waals surface area contributed by atoms with Gasteiger partial charge >= 0.3 is 6.18 Å². The van der Waals surface area contributed by atoms with E-state index in [-0.39, 0.29) is 10.6 Å². The molecule has 1 atom stereocenters. The van der Waals surface area contributed by atoms with Crippen molar-refractivity contribution < 1.29 is 26.4 Å². The number of halogens is 4. The summed E-state index contributed by atoms with van der Waals surface area (Å²) in [5.41, 5.74) is 0.170. The third kappa shape index (κ3) is 7.10. The third-order valence-electron chi connectivity index (χ3n) is 3.79. The minimum atomic E-state index is -4.52. The molecule has 0 saturated carbocycles. The molecule has 0 aliphatic heterocycles. The number of benzene rings is 2. The molecule has 0 fully saturated rings. The smallest absolute Gasteiger partial charge is 0.346 e. The van der Waals surface area contributed by atoms with Crippen molar-refractivity contribution in [3.05, 3.63) is 70.3 Å². The zero-order valence-electron chi connectivity index (χ0n) is 15.4. The summed E-state index contributed by atoms with van der Waals surface area (Å²) in [5, 5.41) is 2.73. The molecule has 5 nitrogen and oxygen atoms in total. The lowest BCUT2D eigenvalue weighted by Crippen LogP contribution is -2.24. The Morgan fingerprint density at radius 1 is 1.17 bits per heavy atom. The van der Waals surface area contributed by atoms with E-state index in [1.54, 1.807) is 31.2 Å². The van der Waals surface area contributed by atoms with Crippen LogP contribution in [0.4, 0.5) is 18.9 Å². The normalized spacial score (nSPS) is 13.3. The molecule has 2 aromatic carbocycles. The molecule has 1 amide bonds. The van der Waals surface area contributed by atoms with E-state index in [0.717, 1.165) is 30.5 Å². The van der Waals surface area contributed by atoms with Crippen LogP contribution in [0.25, 0.3) is 6.08 Å². The Hall–Kier alpha value is -2.52. The van der Waals surface area contributed by atoms with Gasteiger partial charge in [-0.2, -0.15) is 13.2 Å². The molecule has 2 N–H and O–H groups in total. The van der Waals surface area contributed by atoms with E-state index in [4.69, 9.17) is 11.6 Å². The van der Waals surface area contributed by atoms with Crippen molar-refractivity contribution in [2.24, 2.45) is 0 Å². The van der Waals surface area contributed by atoms with Gasteiger partial charge in [0.1, 0.15) is 0 Å². The first-order valence-electron chi connectivity index (χ1n) is 8.28. The molecule has 1 unspecified atom stereocenters. The van der Waals surface area contributed by atoms with Gasteiger partial charge in [-0.15, -0.1) is 0 Å². The number of nitrogens with one attached hydrogen (secondary N) is 2. The highest BCUT2D eigenvalue weighted by molar-refractivity contribution is 7.92. The van der Waals surface area contributed by atoms with Crippen LogP contribution in [-0.4, -0.2) is 20.6 Å². The minimum Gasteiger partial charge on any atom is -0.346 e. The molecular formula is C19H18ClF3N2O3S. The Balaban J connectivity index is 2.10. The number of alkyl halides is 3. The highest BCUT2D eigenvalue weighted by Crippen LogP contribution is 2.32. The summed E-state index contributed by atoms with van der Waals surface area (Å²) in [6.07, 6.45) is -1.22. The molecule has 2 rings (SSSR count). The predicted molar refractivity (Wildman–Crippen MR) is 107 cm³/mol. The molecule has 0 bridgehead atoms. The summed E-state index contributed by atoms with van der Waals surface area (Å²) in [6.45, 7) is 1.68. The molecule has 0 spiro atoms. The second-order valence-electron chi connectivity index (χ2n) is 6.30. The van der Waals surface area contributed by atoms with E-state index < -0.39 is 33.7 Å². The fraction of sp³-hybridized carbons (Fsp3) is 0.211. The molecule has 156 valence electrons. The van der Waals surface area contributed by atoms with E-state index >= 15 is 0 Å². The van der Waals surface area contributed by atoms with Gasteiger partial charge in [-0.25, -0.2) is 8.42 Å². The summed E-state index contributed by atoms with van der Waals surface area (Å²) < 4.78 is 63.4. The summed E-state index contributed by atoms with van der Waals surface area (Å²) in [4.78, 5) is 12.1. The SMILES string of the molecule is CC(NC(=O)C=Cc1cc(C(F)(F)F)ccc1Cl)c1cccc(NS(C)(=O)=O)c1. The van der Waals surface area contributed by atoms with Gasteiger partial charge in [0, 0.05) is 16.8 Å². The Morgan fingerprint density at radius 3 is 2.48 bits per heavy atom. The second kappa shape index (κ2) is 8.87. The number of sulfonamides is 1. The number of rotatable bonds is 6. The number of carbonyl (C=O) groups excluding carboxylic acids is 1. The summed E-state index contributed by atoms with van der Waals surface area (Å²) in [7, 11) is -3.44. The van der Waals surface area contributed by atoms with Crippen molar-refractivity contribution in [2.75, 3.05) is 11.0 Å². The fourth-order valence-corrected chi connectivity index (χ4v) is 3.18. The summed E-state index contributed by atoms with van der Waals surface area (Å²) >= 11 is 5.90. The van der Waals surface area contributed by atoms with E-state index in [0.29, 0.717) is 11.3 Å². The molecule has 10 heteroatoms. The molecule has 0 radical (unpaired) electrons. The van der Waals surface area contributed by atoms with E-state index in [1.807, 2.05) is 0 Å². The zero-order chi connectivity index (χ0) is 21.8. The molecule has 0 aliphatic carbocycles. The molecule has 0 heterocycles. The van der Waals surface area contributed by atoms with Gasteiger partial charge in [-0.05, 0) is 54.5 Å². The van der Waals surface area contributed by atoms with Crippen LogP contribution in [-0.2, 0) is 21.0 Å². The number of hydrogen-bond acceptors (Lipinski definition) is 3. The van der Waals surface area contributed by atoms with E-state index in [9.17, 15) is 26.4 Å². The van der Waals surface area contributed by atoms with Gasteiger partial charge < -0.3 is 5.32 Å². The van der Waals surface area contributed by atoms with Crippen LogP contribution >= 0.6 is 11.6 Å². The second-order valence-corrected chi connectivity index (χ2v) is 8.45. The van der Waals surface area contributed by atoms with E-state index in [2.05, 4.69) is 10.0 Å². The average molecular weight is 447 g/mol. The first-order chi connectivity index (χ1) is 13.3. The van der Waals surface area contributed by atoms with Crippen molar-refractivity contribution in [1.29, 1.82) is 0 Å². The molecular weight excluding hydrogens is 429 g/mol. The maximum atomic E-state index is 12.8. The maximum Gasteiger partial charge on any atom is 0.416 e.